The van der Waals surface area contributed by atoms with Crippen molar-refractivity contribution in [3.05, 3.63) is 69.6 Å². The third kappa shape index (κ3) is 5.71. The highest BCUT2D eigenvalue weighted by Crippen LogP contribution is 2.30. The number of ether oxygens (including phenoxy) is 1. The van der Waals surface area contributed by atoms with E-state index in [1.165, 1.54) is 5.56 Å². The number of halogens is 1. The average Bonchev–Trinajstić information content (AvgIpc) is 2.99. The van der Waals surface area contributed by atoms with Crippen molar-refractivity contribution < 1.29 is 19.1 Å². The summed E-state index contributed by atoms with van der Waals surface area (Å²) in [5, 5.41) is 2.05. The molecule has 1 aliphatic heterocycles. The molecule has 1 fully saturated rings. The van der Waals surface area contributed by atoms with Gasteiger partial charge in [-0.2, -0.15) is 0 Å². The number of nitrogens with one attached hydrogen (secondary N) is 1. The zero-order valence-corrected chi connectivity index (χ0v) is 16.5. The molecule has 1 heterocycles. The van der Waals surface area contributed by atoms with Crippen molar-refractivity contribution in [1.82, 2.24) is 5.32 Å². The quantitative estimate of drug-likeness (QED) is 0.299. The van der Waals surface area contributed by atoms with Crippen LogP contribution < -0.4 is 10.1 Å². The van der Waals surface area contributed by atoms with Gasteiger partial charge in [-0.15, -0.1) is 0 Å². The van der Waals surface area contributed by atoms with Gasteiger partial charge in [-0.25, -0.2) is 0 Å². The molecule has 0 bridgehead atoms. The summed E-state index contributed by atoms with van der Waals surface area (Å²) < 4.78 is 5.33. The summed E-state index contributed by atoms with van der Waals surface area (Å²) in [5.41, 5.74) is 1.89. The van der Waals surface area contributed by atoms with Gasteiger partial charge in [0.15, 0.2) is 0 Å². The van der Waals surface area contributed by atoms with Crippen molar-refractivity contribution in [1.29, 1.82) is 0 Å². The van der Waals surface area contributed by atoms with E-state index < -0.39 is 11.1 Å². The van der Waals surface area contributed by atoms with Crippen molar-refractivity contribution in [2.45, 2.75) is 25.7 Å². The number of benzene rings is 2. The van der Waals surface area contributed by atoms with Crippen LogP contribution in [0.25, 0.3) is 6.08 Å². The largest absolute Gasteiger partial charge is 0.425 e. The maximum Gasteiger partial charge on any atom is 0.311 e. The second kappa shape index (κ2) is 9.57. The molecule has 7 heteroatoms. The normalized spacial score (nSPS) is 15.0. The Morgan fingerprint density at radius 2 is 1.89 bits per heavy atom. The molecule has 1 aliphatic rings. The lowest BCUT2D eigenvalue weighted by molar-refractivity contribution is -0.134. The van der Waals surface area contributed by atoms with Gasteiger partial charge in [-0.05, 0) is 60.4 Å². The number of carbonyl (C=O) groups is 3. The van der Waals surface area contributed by atoms with Crippen LogP contribution in [0.2, 0.25) is 5.02 Å². The number of amides is 2. The number of unbranched alkanes of at least 4 members (excludes halogenated alkanes) is 1. The molecule has 28 heavy (non-hydrogen) atoms. The Hall–Kier alpha value is -2.57. The number of hydrogen-bond acceptors (Lipinski definition) is 5. The smallest absolute Gasteiger partial charge is 0.311 e. The lowest BCUT2D eigenvalue weighted by atomic mass is 10.1. The molecule has 2 aromatic carbocycles. The van der Waals surface area contributed by atoms with E-state index in [4.69, 9.17) is 16.3 Å². The molecule has 0 unspecified atom stereocenters. The fourth-order valence-electron chi connectivity index (χ4n) is 2.68. The Morgan fingerprint density at radius 1 is 1.11 bits per heavy atom. The lowest BCUT2D eigenvalue weighted by Crippen LogP contribution is -2.17. The Labute approximate surface area is 172 Å². The number of rotatable bonds is 7. The first-order chi connectivity index (χ1) is 13.5. The van der Waals surface area contributed by atoms with Gasteiger partial charge in [0.05, 0.1) is 9.93 Å². The fourth-order valence-corrected chi connectivity index (χ4v) is 3.59. The van der Waals surface area contributed by atoms with E-state index in [1.54, 1.807) is 24.3 Å². The molecular weight excluding hydrogens is 398 g/mol. The minimum Gasteiger partial charge on any atom is -0.425 e. The summed E-state index contributed by atoms with van der Waals surface area (Å²) in [6, 6.07) is 15.0. The van der Waals surface area contributed by atoms with Crippen LogP contribution in [0.15, 0.2) is 53.4 Å². The SMILES string of the molecule is O=C(CCCCc1ccccc1)Oc1ccc(/C=C2\SC(=O)NC2=O)cc1Cl. The van der Waals surface area contributed by atoms with Crippen molar-refractivity contribution >= 4 is 46.6 Å². The molecule has 0 saturated carbocycles. The van der Waals surface area contributed by atoms with Crippen LogP contribution in [0.5, 0.6) is 5.75 Å². The first-order valence-electron chi connectivity index (χ1n) is 8.80. The molecule has 0 radical (unpaired) electrons. The van der Waals surface area contributed by atoms with Crippen LogP contribution in [0.1, 0.15) is 30.4 Å². The first-order valence-corrected chi connectivity index (χ1v) is 10.00. The molecular formula is C21H18ClNO4S. The minimum atomic E-state index is -0.433. The molecule has 2 amide bonds. The fraction of sp³-hybridized carbons (Fsp3) is 0.190. The van der Waals surface area contributed by atoms with Gasteiger partial charge in [0, 0.05) is 6.42 Å². The van der Waals surface area contributed by atoms with Gasteiger partial charge >= 0.3 is 5.97 Å². The van der Waals surface area contributed by atoms with Gasteiger partial charge in [0.1, 0.15) is 5.75 Å². The number of imide groups is 1. The first kappa shape index (κ1) is 20.2. The Kier molecular flexibility index (Phi) is 6.90. The molecule has 1 saturated heterocycles. The summed E-state index contributed by atoms with van der Waals surface area (Å²) in [6.45, 7) is 0. The summed E-state index contributed by atoms with van der Waals surface area (Å²) in [7, 11) is 0. The molecule has 0 aliphatic carbocycles. The van der Waals surface area contributed by atoms with Gasteiger partial charge < -0.3 is 4.74 Å². The summed E-state index contributed by atoms with van der Waals surface area (Å²) in [4.78, 5) is 35.1. The highest BCUT2D eigenvalue weighted by molar-refractivity contribution is 8.18. The van der Waals surface area contributed by atoms with Crippen molar-refractivity contribution in [3.63, 3.8) is 0 Å². The van der Waals surface area contributed by atoms with Crippen LogP contribution >= 0.6 is 23.4 Å². The Morgan fingerprint density at radius 3 is 2.57 bits per heavy atom. The summed E-state index contributed by atoms with van der Waals surface area (Å²) >= 11 is 7.02. The van der Waals surface area contributed by atoms with E-state index in [1.807, 2.05) is 18.2 Å². The van der Waals surface area contributed by atoms with E-state index in [2.05, 4.69) is 17.4 Å². The predicted molar refractivity (Wildman–Crippen MR) is 110 cm³/mol. The summed E-state index contributed by atoms with van der Waals surface area (Å²) in [5.74, 6) is -0.494. The molecule has 0 atom stereocenters. The zero-order valence-electron chi connectivity index (χ0n) is 14.9. The third-order valence-corrected chi connectivity index (χ3v) is 5.16. The molecule has 5 nitrogen and oxygen atoms in total. The average molecular weight is 416 g/mol. The van der Waals surface area contributed by atoms with Crippen LogP contribution in [0.3, 0.4) is 0 Å². The zero-order chi connectivity index (χ0) is 19.9. The second-order valence-corrected chi connectivity index (χ2v) is 7.63. The Bertz CT molecular complexity index is 927. The van der Waals surface area contributed by atoms with E-state index in [-0.39, 0.29) is 16.7 Å². The molecule has 2 aromatic rings. The highest BCUT2D eigenvalue weighted by Gasteiger charge is 2.25. The van der Waals surface area contributed by atoms with E-state index in [0.717, 1.165) is 31.0 Å². The van der Waals surface area contributed by atoms with Gasteiger partial charge in [0.2, 0.25) is 0 Å². The molecule has 144 valence electrons. The standard InChI is InChI=1S/C21H18ClNO4S/c22-16-12-15(13-18-20(25)23-21(26)28-18)10-11-17(16)27-19(24)9-5-4-8-14-6-2-1-3-7-14/h1-3,6-7,10-13H,4-5,8-9H2,(H,23,25,26)/b18-13-. The highest BCUT2D eigenvalue weighted by atomic mass is 35.5. The number of hydrogen-bond donors (Lipinski definition) is 1. The van der Waals surface area contributed by atoms with Crippen LogP contribution in [0, 0.1) is 0 Å². The van der Waals surface area contributed by atoms with Crippen molar-refractivity contribution in [2.75, 3.05) is 0 Å². The van der Waals surface area contributed by atoms with Gasteiger partial charge in [-0.3, -0.25) is 19.7 Å². The molecule has 3 rings (SSSR count). The molecule has 1 N–H and O–H groups in total. The number of thioether (sulfide) groups is 1. The van der Waals surface area contributed by atoms with Gasteiger partial charge in [0.25, 0.3) is 11.1 Å². The maximum atomic E-state index is 12.0. The van der Waals surface area contributed by atoms with Crippen molar-refractivity contribution in [3.8, 4) is 5.75 Å². The van der Waals surface area contributed by atoms with E-state index >= 15 is 0 Å². The Balaban J connectivity index is 1.50. The molecule has 0 spiro atoms. The van der Waals surface area contributed by atoms with Crippen LogP contribution in [-0.4, -0.2) is 17.1 Å². The minimum absolute atomic E-state index is 0.265. The van der Waals surface area contributed by atoms with Crippen LogP contribution in [0.4, 0.5) is 4.79 Å². The van der Waals surface area contributed by atoms with E-state index in [0.29, 0.717) is 16.9 Å². The number of carbonyl (C=O) groups excluding carboxylic acids is 3. The summed E-state index contributed by atoms with van der Waals surface area (Å²) in [6.07, 6.45) is 4.43. The predicted octanol–water partition coefficient (Wildman–Crippen LogP) is 4.98. The van der Waals surface area contributed by atoms with E-state index in [9.17, 15) is 14.4 Å². The lowest BCUT2D eigenvalue weighted by Gasteiger charge is -2.07. The monoisotopic (exact) mass is 415 g/mol. The number of esters is 1. The maximum absolute atomic E-state index is 12.0. The van der Waals surface area contributed by atoms with Crippen molar-refractivity contribution in [2.24, 2.45) is 0 Å². The second-order valence-electron chi connectivity index (χ2n) is 6.21. The third-order valence-electron chi connectivity index (χ3n) is 4.06. The van der Waals surface area contributed by atoms with Gasteiger partial charge in [-0.1, -0.05) is 48.0 Å². The topological polar surface area (TPSA) is 72.5 Å². The molecule has 0 aromatic heterocycles. The number of aryl methyl sites for hydroxylation is 1. The van der Waals surface area contributed by atoms with Crippen LogP contribution in [-0.2, 0) is 16.0 Å².